The number of hydrogen-bond donors (Lipinski definition) is 1. The molecule has 0 aliphatic heterocycles. The Balaban J connectivity index is 2.26. The van der Waals surface area contributed by atoms with E-state index in [2.05, 4.69) is 20.9 Å². The highest BCUT2D eigenvalue weighted by Crippen LogP contribution is 2.28. The van der Waals surface area contributed by atoms with Gasteiger partial charge in [-0.2, -0.15) is 4.39 Å². The average molecular weight is 319 g/mol. The summed E-state index contributed by atoms with van der Waals surface area (Å²) in [4.78, 5) is 4.09. The van der Waals surface area contributed by atoms with Crippen LogP contribution in [0, 0.1) is 5.82 Å². The molecule has 2 N–H and O–H groups in total. The lowest BCUT2D eigenvalue weighted by Gasteiger charge is -2.07. The Morgan fingerprint density at radius 3 is 3.00 bits per heavy atom. The van der Waals surface area contributed by atoms with Crippen LogP contribution in [-0.2, 0) is 0 Å². The Hall–Kier alpha value is -1.47. The van der Waals surface area contributed by atoms with E-state index in [1.165, 1.54) is 6.07 Å². The molecule has 96 valence electrons. The van der Waals surface area contributed by atoms with Gasteiger partial charge in [0.05, 0.1) is 6.33 Å². The molecule has 0 aliphatic rings. The number of nitrogens with two attached hydrogens (primary N) is 1. The van der Waals surface area contributed by atoms with Crippen molar-refractivity contribution in [2.24, 2.45) is 5.73 Å². The van der Waals surface area contributed by atoms with E-state index in [-0.39, 0.29) is 34.9 Å². The summed E-state index contributed by atoms with van der Waals surface area (Å²) in [5, 5.41) is 0. The maximum absolute atomic E-state index is 13.9. The molecule has 4 nitrogen and oxygen atoms in total. The van der Waals surface area contributed by atoms with Gasteiger partial charge >= 0.3 is 0 Å². The topological polar surface area (TPSA) is 61.3 Å². The second-order valence-electron chi connectivity index (χ2n) is 3.45. The molecule has 0 spiro atoms. The number of benzene rings is 1. The van der Waals surface area contributed by atoms with Crippen LogP contribution in [0.3, 0.4) is 0 Å². The first kappa shape index (κ1) is 13.0. The zero-order chi connectivity index (χ0) is 13.1. The number of halogens is 3. The summed E-state index contributed by atoms with van der Waals surface area (Å²) in [7, 11) is 0. The van der Waals surface area contributed by atoms with Gasteiger partial charge in [-0.05, 0) is 12.1 Å². The second kappa shape index (κ2) is 5.45. The lowest BCUT2D eigenvalue weighted by atomic mass is 10.3. The minimum atomic E-state index is -0.680. The molecule has 2 rings (SSSR count). The molecular weight excluding hydrogens is 310 g/mol. The van der Waals surface area contributed by atoms with Crippen molar-refractivity contribution in [2.75, 3.05) is 13.2 Å². The molecule has 0 radical (unpaired) electrons. The van der Waals surface area contributed by atoms with E-state index >= 15 is 0 Å². The maximum atomic E-state index is 13.9. The van der Waals surface area contributed by atoms with Gasteiger partial charge in [-0.15, -0.1) is 0 Å². The van der Waals surface area contributed by atoms with Crippen LogP contribution < -0.4 is 10.5 Å². The summed E-state index contributed by atoms with van der Waals surface area (Å²) < 4.78 is 36.4. The van der Waals surface area contributed by atoms with Crippen molar-refractivity contribution < 1.29 is 17.9 Å². The quantitative estimate of drug-likeness (QED) is 0.941. The van der Waals surface area contributed by atoms with Crippen molar-refractivity contribution in [3.8, 4) is 5.75 Å². The number of ether oxygens (including phenoxy) is 1. The van der Waals surface area contributed by atoms with Crippen molar-refractivity contribution in [3.05, 3.63) is 34.7 Å². The van der Waals surface area contributed by atoms with Crippen LogP contribution in [0.1, 0.15) is 0 Å². The van der Waals surface area contributed by atoms with Crippen LogP contribution >= 0.6 is 15.9 Å². The number of rotatable bonds is 4. The van der Waals surface area contributed by atoms with Gasteiger partial charge in [0.15, 0.2) is 11.3 Å². The summed E-state index contributed by atoms with van der Waals surface area (Å²) in [6.07, 6.45) is 0.349. The van der Waals surface area contributed by atoms with Gasteiger partial charge in [-0.25, -0.2) is 9.37 Å². The molecule has 2 aromatic rings. The first-order valence-electron chi connectivity index (χ1n) is 5.01. The lowest BCUT2D eigenvalue weighted by Crippen LogP contribution is -2.11. The molecule has 0 fully saturated rings. The van der Waals surface area contributed by atoms with Crippen LogP contribution in [0.25, 0.3) is 11.1 Å². The number of aromatic nitrogens is 1. The summed E-state index contributed by atoms with van der Waals surface area (Å²) >= 11 is 3.01. The first-order chi connectivity index (χ1) is 8.65. The van der Waals surface area contributed by atoms with Gasteiger partial charge in [0, 0.05) is 28.0 Å². The smallest absolute Gasteiger partial charge is 0.265 e. The van der Waals surface area contributed by atoms with Crippen molar-refractivity contribution in [3.63, 3.8) is 0 Å². The van der Waals surface area contributed by atoms with Crippen LogP contribution in [0.2, 0.25) is 0 Å². The molecule has 0 saturated carbocycles. The van der Waals surface area contributed by atoms with Crippen molar-refractivity contribution in [1.29, 1.82) is 0 Å². The van der Waals surface area contributed by atoms with Crippen molar-refractivity contribution in [2.45, 2.75) is 0 Å². The monoisotopic (exact) mass is 318 g/mol. The highest BCUT2D eigenvalue weighted by molar-refractivity contribution is 9.10. The third kappa shape index (κ3) is 2.51. The Morgan fingerprint density at radius 2 is 2.33 bits per heavy atom. The van der Waals surface area contributed by atoms with Crippen LogP contribution in [0.5, 0.6) is 5.75 Å². The van der Waals surface area contributed by atoms with Crippen LogP contribution in [0.15, 0.2) is 33.3 Å². The van der Waals surface area contributed by atoms with Gasteiger partial charge in [-0.1, -0.05) is 0 Å². The van der Waals surface area contributed by atoms with E-state index in [4.69, 9.17) is 14.9 Å². The van der Waals surface area contributed by atoms with Crippen LogP contribution in [0.4, 0.5) is 8.78 Å². The highest BCUT2D eigenvalue weighted by atomic mass is 79.9. The van der Waals surface area contributed by atoms with Gasteiger partial charge in [-0.3, -0.25) is 0 Å². The molecule has 1 aromatic heterocycles. The predicted molar refractivity (Wildman–Crippen MR) is 65.4 cm³/mol. The summed E-state index contributed by atoms with van der Waals surface area (Å²) in [5.74, 6) is -0.722. The van der Waals surface area contributed by atoms with Crippen molar-refractivity contribution >= 4 is 27.0 Å². The zero-order valence-corrected chi connectivity index (χ0v) is 10.7. The normalized spacial score (nSPS) is 12.1. The molecular formula is C11H9BrF2N2O2. The van der Waals surface area contributed by atoms with Crippen LogP contribution in [-0.4, -0.2) is 18.1 Å². The molecule has 0 amide bonds. The fourth-order valence-corrected chi connectivity index (χ4v) is 1.68. The van der Waals surface area contributed by atoms with E-state index in [1.54, 1.807) is 6.07 Å². The average Bonchev–Trinajstić information content (AvgIpc) is 2.74. The molecule has 0 atom stereocenters. The minimum absolute atomic E-state index is 0.00815. The maximum Gasteiger partial charge on any atom is 0.265 e. The predicted octanol–water partition coefficient (Wildman–Crippen LogP) is 2.92. The molecule has 0 bridgehead atoms. The Bertz CT molecular complexity index is 598. The molecule has 1 aromatic carbocycles. The number of fused-ring (bicyclic) bond motifs is 1. The highest BCUT2D eigenvalue weighted by Gasteiger charge is 2.14. The molecule has 0 saturated heterocycles. The summed E-state index contributed by atoms with van der Waals surface area (Å²) in [5.41, 5.74) is 5.84. The van der Waals surface area contributed by atoms with Gasteiger partial charge in [0.2, 0.25) is 5.82 Å². The zero-order valence-electron chi connectivity index (χ0n) is 9.12. The molecule has 18 heavy (non-hydrogen) atoms. The third-order valence-electron chi connectivity index (χ3n) is 2.27. The van der Waals surface area contributed by atoms with Gasteiger partial charge < -0.3 is 14.9 Å². The number of hydrogen-bond acceptors (Lipinski definition) is 4. The van der Waals surface area contributed by atoms with Gasteiger partial charge in [0.1, 0.15) is 12.1 Å². The Kier molecular flexibility index (Phi) is 3.93. The third-order valence-corrected chi connectivity index (χ3v) is 2.60. The number of oxazole rings is 1. The minimum Gasteiger partial charge on any atom is -0.486 e. The Labute approximate surface area is 110 Å². The van der Waals surface area contributed by atoms with E-state index in [0.717, 1.165) is 0 Å². The lowest BCUT2D eigenvalue weighted by molar-refractivity contribution is 0.328. The molecule has 7 heteroatoms. The molecule has 0 unspecified atom stereocenters. The van der Waals surface area contributed by atoms with E-state index in [1.807, 2.05) is 0 Å². The Morgan fingerprint density at radius 1 is 1.56 bits per heavy atom. The summed E-state index contributed by atoms with van der Waals surface area (Å²) in [6, 6.07) is 2.95. The molecule has 0 aliphatic carbocycles. The van der Waals surface area contributed by atoms with Crippen molar-refractivity contribution in [1.82, 2.24) is 4.98 Å². The second-order valence-corrected chi connectivity index (χ2v) is 4.13. The standard InChI is InChI=1S/C11H9BrF2N2O2/c12-11-16-7-1-2-8(9(14)10(7)18-11)17-5-6(3-13)4-15/h1-3H,4-5,15H2/b6-3+. The number of nitrogens with zero attached hydrogens (tertiary/aromatic N) is 1. The first-order valence-corrected chi connectivity index (χ1v) is 5.80. The fourth-order valence-electron chi connectivity index (χ4n) is 1.33. The summed E-state index contributed by atoms with van der Waals surface area (Å²) in [6.45, 7) is -0.112. The van der Waals surface area contributed by atoms with E-state index in [9.17, 15) is 8.78 Å². The van der Waals surface area contributed by atoms with E-state index in [0.29, 0.717) is 11.8 Å². The SMILES string of the molecule is NC/C(=C\F)COc1ccc2nc(Br)oc2c1F. The fraction of sp³-hybridized carbons (Fsp3) is 0.182. The largest absolute Gasteiger partial charge is 0.486 e. The molecule has 1 heterocycles. The van der Waals surface area contributed by atoms with Gasteiger partial charge in [0.25, 0.3) is 4.80 Å². The van der Waals surface area contributed by atoms with E-state index < -0.39 is 5.82 Å².